The van der Waals surface area contributed by atoms with Gasteiger partial charge in [-0.15, -0.1) is 0 Å². The van der Waals surface area contributed by atoms with Crippen LogP contribution in [-0.2, 0) is 4.79 Å². The Morgan fingerprint density at radius 2 is 2.05 bits per heavy atom. The monoisotopic (exact) mass is 277 g/mol. The van der Waals surface area contributed by atoms with Gasteiger partial charge in [0.15, 0.2) is 12.4 Å². The maximum absolute atomic E-state index is 11.6. The molecule has 0 aliphatic rings. The third-order valence-corrected chi connectivity index (χ3v) is 2.57. The molecule has 0 atom stereocenters. The molecule has 0 fully saturated rings. The molecule has 2 rings (SSSR count). The first-order chi connectivity index (χ1) is 9.15. The fourth-order valence-electron chi connectivity index (χ4n) is 1.36. The van der Waals surface area contributed by atoms with Gasteiger partial charge >= 0.3 is 0 Å². The Kier molecular flexibility index (Phi) is 4.20. The predicted octanol–water partition coefficient (Wildman–Crippen LogP) is 2.33. The quantitative estimate of drug-likeness (QED) is 0.841. The highest BCUT2D eigenvalue weighted by atomic mass is 35.5. The number of amides is 1. The lowest BCUT2D eigenvalue weighted by molar-refractivity contribution is -0.118. The van der Waals surface area contributed by atoms with Crippen LogP contribution in [0.25, 0.3) is 0 Å². The van der Waals surface area contributed by atoms with Crippen molar-refractivity contribution in [1.82, 2.24) is 4.98 Å². The Morgan fingerprint density at radius 3 is 2.74 bits per heavy atom. The number of carbonyl (C=O) groups excluding carboxylic acids is 1. The number of carbonyl (C=O) groups is 1. The second kappa shape index (κ2) is 6.06. The van der Waals surface area contributed by atoms with Gasteiger partial charge in [0.1, 0.15) is 5.75 Å². The van der Waals surface area contributed by atoms with Crippen molar-refractivity contribution in [2.45, 2.75) is 0 Å². The fraction of sp³-hybridized carbons (Fsp3) is 0.0769. The van der Waals surface area contributed by atoms with E-state index in [-0.39, 0.29) is 12.5 Å². The normalized spacial score (nSPS) is 9.95. The number of pyridine rings is 1. The molecule has 0 aliphatic heterocycles. The number of nitrogens with one attached hydrogen (secondary N) is 1. The van der Waals surface area contributed by atoms with Gasteiger partial charge in [-0.3, -0.25) is 4.79 Å². The summed E-state index contributed by atoms with van der Waals surface area (Å²) in [5.41, 5.74) is 6.18. The van der Waals surface area contributed by atoms with Crippen molar-refractivity contribution in [2.75, 3.05) is 17.7 Å². The van der Waals surface area contributed by atoms with E-state index in [0.29, 0.717) is 22.3 Å². The molecular formula is C13H12ClN3O2. The number of nitrogens with zero attached hydrogens (tertiary/aromatic N) is 1. The second-order valence-electron chi connectivity index (χ2n) is 3.74. The molecule has 0 aliphatic carbocycles. The Hall–Kier alpha value is -2.27. The topological polar surface area (TPSA) is 77.2 Å². The number of hydrogen-bond acceptors (Lipinski definition) is 4. The number of rotatable bonds is 4. The molecular weight excluding hydrogens is 266 g/mol. The first-order valence-corrected chi connectivity index (χ1v) is 5.91. The zero-order chi connectivity index (χ0) is 13.7. The molecule has 0 unspecified atom stereocenters. The molecule has 6 heteroatoms. The van der Waals surface area contributed by atoms with Crippen LogP contribution in [0.1, 0.15) is 0 Å². The van der Waals surface area contributed by atoms with E-state index in [1.54, 1.807) is 42.6 Å². The molecule has 0 bridgehead atoms. The zero-order valence-corrected chi connectivity index (χ0v) is 10.7. The van der Waals surface area contributed by atoms with Crippen LogP contribution in [0.3, 0.4) is 0 Å². The van der Waals surface area contributed by atoms with E-state index in [4.69, 9.17) is 22.1 Å². The Morgan fingerprint density at radius 1 is 1.32 bits per heavy atom. The van der Waals surface area contributed by atoms with E-state index < -0.39 is 0 Å². The molecule has 1 heterocycles. The molecule has 0 saturated heterocycles. The SMILES string of the molecule is Nc1ccc(OCC(=O)Nc2ncccc2Cl)cc1. The number of ether oxygens (including phenoxy) is 1. The predicted molar refractivity (Wildman–Crippen MR) is 74.2 cm³/mol. The Labute approximate surface area is 115 Å². The summed E-state index contributed by atoms with van der Waals surface area (Å²) in [5.74, 6) is 0.545. The minimum Gasteiger partial charge on any atom is -0.484 e. The van der Waals surface area contributed by atoms with Gasteiger partial charge < -0.3 is 15.8 Å². The van der Waals surface area contributed by atoms with Crippen molar-refractivity contribution < 1.29 is 9.53 Å². The molecule has 1 aromatic carbocycles. The van der Waals surface area contributed by atoms with Crippen LogP contribution in [-0.4, -0.2) is 17.5 Å². The molecule has 1 amide bonds. The van der Waals surface area contributed by atoms with Gasteiger partial charge in [0.05, 0.1) is 5.02 Å². The number of aromatic nitrogens is 1. The van der Waals surface area contributed by atoms with E-state index in [1.807, 2.05) is 0 Å². The van der Waals surface area contributed by atoms with E-state index in [9.17, 15) is 4.79 Å². The van der Waals surface area contributed by atoms with Crippen molar-refractivity contribution in [1.29, 1.82) is 0 Å². The second-order valence-corrected chi connectivity index (χ2v) is 4.15. The molecule has 0 spiro atoms. The summed E-state index contributed by atoms with van der Waals surface area (Å²) in [6, 6.07) is 10.1. The minimum atomic E-state index is -0.336. The van der Waals surface area contributed by atoms with Gasteiger partial charge in [-0.1, -0.05) is 11.6 Å². The van der Waals surface area contributed by atoms with E-state index >= 15 is 0 Å². The molecule has 98 valence electrons. The van der Waals surface area contributed by atoms with Crippen LogP contribution in [0.15, 0.2) is 42.6 Å². The molecule has 19 heavy (non-hydrogen) atoms. The summed E-state index contributed by atoms with van der Waals surface area (Å²) in [7, 11) is 0. The molecule has 2 aromatic rings. The van der Waals surface area contributed by atoms with Crippen molar-refractivity contribution in [3.05, 3.63) is 47.6 Å². The molecule has 3 N–H and O–H groups in total. The van der Waals surface area contributed by atoms with Crippen molar-refractivity contribution in [3.63, 3.8) is 0 Å². The maximum atomic E-state index is 11.6. The summed E-state index contributed by atoms with van der Waals surface area (Å²) in [5, 5.41) is 2.94. The van der Waals surface area contributed by atoms with Gasteiger partial charge in [0, 0.05) is 11.9 Å². The van der Waals surface area contributed by atoms with Crippen LogP contribution in [0.4, 0.5) is 11.5 Å². The van der Waals surface area contributed by atoms with Gasteiger partial charge in [0.25, 0.3) is 5.91 Å². The number of benzene rings is 1. The van der Waals surface area contributed by atoms with Crippen LogP contribution in [0.5, 0.6) is 5.75 Å². The average Bonchev–Trinajstić information content (AvgIpc) is 2.41. The lowest BCUT2D eigenvalue weighted by Crippen LogP contribution is -2.20. The first kappa shape index (κ1) is 13.2. The molecule has 0 saturated carbocycles. The van der Waals surface area contributed by atoms with Crippen molar-refractivity contribution >= 4 is 29.0 Å². The lowest BCUT2D eigenvalue weighted by Gasteiger charge is -2.07. The highest BCUT2D eigenvalue weighted by molar-refractivity contribution is 6.33. The van der Waals surface area contributed by atoms with Crippen molar-refractivity contribution in [3.8, 4) is 5.75 Å². The first-order valence-electron chi connectivity index (χ1n) is 5.54. The third-order valence-electron chi connectivity index (χ3n) is 2.27. The van der Waals surface area contributed by atoms with E-state index in [0.717, 1.165) is 0 Å². The summed E-state index contributed by atoms with van der Waals surface area (Å²) >= 11 is 5.87. The highest BCUT2D eigenvalue weighted by Gasteiger charge is 2.07. The van der Waals surface area contributed by atoms with Crippen LogP contribution < -0.4 is 15.8 Å². The molecule has 0 radical (unpaired) electrons. The third kappa shape index (κ3) is 3.86. The summed E-state index contributed by atoms with van der Waals surface area (Å²) < 4.78 is 5.30. The zero-order valence-electron chi connectivity index (χ0n) is 9.97. The number of hydrogen-bond donors (Lipinski definition) is 2. The van der Waals surface area contributed by atoms with Crippen LogP contribution in [0.2, 0.25) is 5.02 Å². The molecule has 1 aromatic heterocycles. The smallest absolute Gasteiger partial charge is 0.263 e. The summed E-state index contributed by atoms with van der Waals surface area (Å²) in [6.07, 6.45) is 1.54. The number of nitrogen functional groups attached to an aromatic ring is 1. The van der Waals surface area contributed by atoms with Gasteiger partial charge in [-0.25, -0.2) is 4.98 Å². The van der Waals surface area contributed by atoms with Crippen LogP contribution >= 0.6 is 11.6 Å². The van der Waals surface area contributed by atoms with Crippen molar-refractivity contribution in [2.24, 2.45) is 0 Å². The fourth-order valence-corrected chi connectivity index (χ4v) is 1.53. The molecule has 5 nitrogen and oxygen atoms in total. The Balaban J connectivity index is 1.88. The number of nitrogens with two attached hydrogens (primary N) is 1. The Bertz CT molecular complexity index is 572. The highest BCUT2D eigenvalue weighted by Crippen LogP contribution is 2.17. The number of anilines is 2. The summed E-state index contributed by atoms with van der Waals surface area (Å²) in [6.45, 7) is -0.128. The van der Waals surface area contributed by atoms with Gasteiger partial charge in [0.2, 0.25) is 0 Å². The minimum absolute atomic E-state index is 0.128. The maximum Gasteiger partial charge on any atom is 0.263 e. The van der Waals surface area contributed by atoms with E-state index in [1.165, 1.54) is 0 Å². The van der Waals surface area contributed by atoms with E-state index in [2.05, 4.69) is 10.3 Å². The number of halogens is 1. The summed E-state index contributed by atoms with van der Waals surface area (Å²) in [4.78, 5) is 15.6. The van der Waals surface area contributed by atoms with Crippen LogP contribution in [0, 0.1) is 0 Å². The lowest BCUT2D eigenvalue weighted by atomic mass is 10.3. The average molecular weight is 278 g/mol. The van der Waals surface area contributed by atoms with Gasteiger partial charge in [-0.05, 0) is 36.4 Å². The van der Waals surface area contributed by atoms with Gasteiger partial charge in [-0.2, -0.15) is 0 Å². The standard InChI is InChI=1S/C13H12ClN3O2/c14-11-2-1-7-16-13(11)17-12(18)8-19-10-5-3-9(15)4-6-10/h1-7H,8,15H2,(H,16,17,18). The largest absolute Gasteiger partial charge is 0.484 e.